The molecule has 2 rings (SSSR count). The van der Waals surface area contributed by atoms with Crippen LogP contribution in [0.25, 0.3) is 0 Å². The lowest BCUT2D eigenvalue weighted by Crippen LogP contribution is -2.51. The fraction of sp³-hybridized carbons (Fsp3) is 0.417. The summed E-state index contributed by atoms with van der Waals surface area (Å²) in [5.41, 5.74) is 5.29. The largest absolute Gasteiger partial charge is 0.339 e. The Hall–Kier alpha value is -1.15. The van der Waals surface area contributed by atoms with E-state index in [2.05, 4.69) is 0 Å². The molecule has 0 radical (unpaired) electrons. The van der Waals surface area contributed by atoms with Gasteiger partial charge in [0.25, 0.3) is 0 Å². The lowest BCUT2D eigenvalue weighted by atomic mass is 10.3. The smallest absolute Gasteiger partial charge is 0.243 e. The summed E-state index contributed by atoms with van der Waals surface area (Å²) in [6.45, 7) is 1.23. The van der Waals surface area contributed by atoms with Gasteiger partial charge in [0.15, 0.2) is 0 Å². The third-order valence-electron chi connectivity index (χ3n) is 3.22. The molecule has 110 valence electrons. The van der Waals surface area contributed by atoms with Crippen molar-refractivity contribution in [2.24, 2.45) is 5.73 Å². The number of piperazine rings is 1. The molecule has 0 bridgehead atoms. The van der Waals surface area contributed by atoms with Crippen LogP contribution in [0.1, 0.15) is 0 Å². The molecule has 20 heavy (non-hydrogen) atoms. The standard InChI is InChI=1S/C12H16ClN3O3S/c13-10-1-3-11(4-2-10)20(18,19)16-7-5-15(6-8-16)12(17)9-14/h1-4H,5-9,14H2. The maximum Gasteiger partial charge on any atom is 0.243 e. The van der Waals surface area contributed by atoms with Gasteiger partial charge in [-0.05, 0) is 24.3 Å². The van der Waals surface area contributed by atoms with E-state index in [1.807, 2.05) is 0 Å². The molecule has 1 saturated heterocycles. The highest BCUT2D eigenvalue weighted by atomic mass is 35.5. The van der Waals surface area contributed by atoms with E-state index in [0.29, 0.717) is 18.1 Å². The van der Waals surface area contributed by atoms with Gasteiger partial charge in [0.1, 0.15) is 0 Å². The first kappa shape index (κ1) is 15.2. The third-order valence-corrected chi connectivity index (χ3v) is 5.38. The van der Waals surface area contributed by atoms with E-state index in [1.165, 1.54) is 16.4 Å². The SMILES string of the molecule is NCC(=O)N1CCN(S(=O)(=O)c2ccc(Cl)cc2)CC1. The topological polar surface area (TPSA) is 83.7 Å². The first-order chi connectivity index (χ1) is 9.45. The van der Waals surface area contributed by atoms with Crippen molar-refractivity contribution in [2.45, 2.75) is 4.90 Å². The molecule has 0 unspecified atom stereocenters. The molecule has 1 aromatic rings. The van der Waals surface area contributed by atoms with E-state index in [-0.39, 0.29) is 30.4 Å². The quantitative estimate of drug-likeness (QED) is 0.859. The van der Waals surface area contributed by atoms with Crippen LogP contribution in [0.4, 0.5) is 0 Å². The van der Waals surface area contributed by atoms with E-state index in [4.69, 9.17) is 17.3 Å². The van der Waals surface area contributed by atoms with E-state index < -0.39 is 10.0 Å². The first-order valence-electron chi connectivity index (χ1n) is 6.18. The molecule has 8 heteroatoms. The Balaban J connectivity index is 2.09. The van der Waals surface area contributed by atoms with Crippen LogP contribution in [-0.4, -0.2) is 56.3 Å². The van der Waals surface area contributed by atoms with Gasteiger partial charge in [-0.1, -0.05) is 11.6 Å². The van der Waals surface area contributed by atoms with Crippen LogP contribution in [0.5, 0.6) is 0 Å². The van der Waals surface area contributed by atoms with Crippen LogP contribution < -0.4 is 5.73 Å². The lowest BCUT2D eigenvalue weighted by molar-refractivity contribution is -0.130. The molecule has 0 spiro atoms. The number of nitrogens with two attached hydrogens (primary N) is 1. The van der Waals surface area contributed by atoms with Gasteiger partial charge in [-0.2, -0.15) is 4.31 Å². The summed E-state index contributed by atoms with van der Waals surface area (Å²) in [6, 6.07) is 6.05. The zero-order chi connectivity index (χ0) is 14.8. The molecule has 1 aliphatic rings. The van der Waals surface area contributed by atoms with E-state index in [1.54, 1.807) is 17.0 Å². The second kappa shape index (κ2) is 6.09. The Morgan fingerprint density at radius 2 is 1.70 bits per heavy atom. The molecular weight excluding hydrogens is 302 g/mol. The number of benzene rings is 1. The fourth-order valence-corrected chi connectivity index (χ4v) is 3.61. The van der Waals surface area contributed by atoms with Crippen molar-refractivity contribution in [3.63, 3.8) is 0 Å². The van der Waals surface area contributed by atoms with Crippen molar-refractivity contribution in [3.05, 3.63) is 29.3 Å². The maximum absolute atomic E-state index is 12.4. The van der Waals surface area contributed by atoms with Crippen LogP contribution in [0.3, 0.4) is 0 Å². The van der Waals surface area contributed by atoms with Gasteiger partial charge >= 0.3 is 0 Å². The third kappa shape index (κ3) is 3.12. The summed E-state index contributed by atoms with van der Waals surface area (Å²) >= 11 is 5.75. The average molecular weight is 318 g/mol. The second-order valence-electron chi connectivity index (χ2n) is 4.44. The zero-order valence-electron chi connectivity index (χ0n) is 10.8. The minimum absolute atomic E-state index is 0.0517. The summed E-state index contributed by atoms with van der Waals surface area (Å²) in [7, 11) is -3.53. The second-order valence-corrected chi connectivity index (χ2v) is 6.82. The molecule has 1 aromatic carbocycles. The highest BCUT2D eigenvalue weighted by Gasteiger charge is 2.29. The van der Waals surface area contributed by atoms with Gasteiger partial charge in [0.2, 0.25) is 15.9 Å². The Bertz CT molecular complexity index is 580. The van der Waals surface area contributed by atoms with Gasteiger partial charge in [-0.25, -0.2) is 8.42 Å². The van der Waals surface area contributed by atoms with E-state index >= 15 is 0 Å². The molecule has 0 aliphatic carbocycles. The maximum atomic E-state index is 12.4. The molecule has 1 heterocycles. The molecule has 0 saturated carbocycles. The summed E-state index contributed by atoms with van der Waals surface area (Å²) in [4.78, 5) is 13.2. The molecule has 0 atom stereocenters. The molecule has 1 amide bonds. The molecule has 1 fully saturated rings. The van der Waals surface area contributed by atoms with Crippen molar-refractivity contribution in [1.82, 2.24) is 9.21 Å². The highest BCUT2D eigenvalue weighted by Crippen LogP contribution is 2.19. The van der Waals surface area contributed by atoms with Gasteiger partial charge < -0.3 is 10.6 Å². The van der Waals surface area contributed by atoms with Gasteiger partial charge in [-0.3, -0.25) is 4.79 Å². The molecule has 1 aliphatic heterocycles. The number of rotatable bonds is 3. The molecular formula is C12H16ClN3O3S. The van der Waals surface area contributed by atoms with Crippen LogP contribution >= 0.6 is 11.6 Å². The molecule has 2 N–H and O–H groups in total. The number of sulfonamides is 1. The monoisotopic (exact) mass is 317 g/mol. The van der Waals surface area contributed by atoms with Crippen molar-refractivity contribution in [2.75, 3.05) is 32.7 Å². The van der Waals surface area contributed by atoms with Crippen molar-refractivity contribution in [3.8, 4) is 0 Å². The summed E-state index contributed by atoms with van der Waals surface area (Å²) < 4.78 is 26.2. The highest BCUT2D eigenvalue weighted by molar-refractivity contribution is 7.89. The van der Waals surface area contributed by atoms with Crippen LogP contribution in [0.15, 0.2) is 29.2 Å². The van der Waals surface area contributed by atoms with Crippen molar-refractivity contribution in [1.29, 1.82) is 0 Å². The Kier molecular flexibility index (Phi) is 4.64. The average Bonchev–Trinajstić information content (AvgIpc) is 2.47. The number of carbonyl (C=O) groups is 1. The Morgan fingerprint density at radius 3 is 2.20 bits per heavy atom. The lowest BCUT2D eigenvalue weighted by Gasteiger charge is -2.33. The number of halogens is 1. The van der Waals surface area contributed by atoms with Gasteiger partial charge in [0.05, 0.1) is 11.4 Å². The predicted octanol–water partition coefficient (Wildman–Crippen LogP) is 0.132. The van der Waals surface area contributed by atoms with Gasteiger partial charge in [0, 0.05) is 31.2 Å². The number of hydrogen-bond donors (Lipinski definition) is 1. The van der Waals surface area contributed by atoms with Crippen molar-refractivity contribution >= 4 is 27.5 Å². The Labute approximate surface area is 123 Å². The van der Waals surface area contributed by atoms with Crippen LogP contribution in [-0.2, 0) is 14.8 Å². The summed E-state index contributed by atoms with van der Waals surface area (Å²) in [5.74, 6) is -0.159. The van der Waals surface area contributed by atoms with E-state index in [0.717, 1.165) is 0 Å². The normalized spacial score (nSPS) is 17.2. The number of nitrogens with zero attached hydrogens (tertiary/aromatic N) is 2. The minimum atomic E-state index is -3.53. The molecule has 6 nitrogen and oxygen atoms in total. The predicted molar refractivity (Wildman–Crippen MR) is 75.8 cm³/mol. The zero-order valence-corrected chi connectivity index (χ0v) is 12.4. The summed E-state index contributed by atoms with van der Waals surface area (Å²) in [5, 5.41) is 0.488. The Morgan fingerprint density at radius 1 is 1.15 bits per heavy atom. The number of carbonyl (C=O) groups excluding carboxylic acids is 1. The number of amides is 1. The number of hydrogen-bond acceptors (Lipinski definition) is 4. The van der Waals surface area contributed by atoms with Crippen molar-refractivity contribution < 1.29 is 13.2 Å². The van der Waals surface area contributed by atoms with Crippen LogP contribution in [0, 0.1) is 0 Å². The fourth-order valence-electron chi connectivity index (χ4n) is 2.06. The van der Waals surface area contributed by atoms with Gasteiger partial charge in [-0.15, -0.1) is 0 Å². The molecule has 0 aromatic heterocycles. The minimum Gasteiger partial charge on any atom is -0.339 e. The first-order valence-corrected chi connectivity index (χ1v) is 8.00. The van der Waals surface area contributed by atoms with Crippen LogP contribution in [0.2, 0.25) is 5.02 Å². The summed E-state index contributed by atoms with van der Waals surface area (Å²) in [6.07, 6.45) is 0. The van der Waals surface area contributed by atoms with E-state index in [9.17, 15) is 13.2 Å².